The first-order valence-electron chi connectivity index (χ1n) is 25.9. The van der Waals surface area contributed by atoms with Gasteiger partial charge in [-0.25, -0.2) is 4.57 Å². The van der Waals surface area contributed by atoms with Crippen LogP contribution >= 0.6 is 7.82 Å². The fourth-order valence-corrected chi connectivity index (χ4v) is 8.04. The molecule has 0 saturated heterocycles. The van der Waals surface area contributed by atoms with Crippen molar-refractivity contribution in [2.75, 3.05) is 33.4 Å². The zero-order valence-corrected chi connectivity index (χ0v) is 41.5. The molecule has 0 rings (SSSR count). The highest BCUT2D eigenvalue weighted by Gasteiger charge is 2.26. The minimum absolute atomic E-state index is 0.0173. The van der Waals surface area contributed by atoms with E-state index in [9.17, 15) is 19.0 Å². The number of ether oxygens (including phenoxy) is 2. The van der Waals surface area contributed by atoms with Crippen LogP contribution in [0.1, 0.15) is 245 Å². The van der Waals surface area contributed by atoms with Crippen molar-refractivity contribution in [3.63, 3.8) is 0 Å². The number of esters is 2. The van der Waals surface area contributed by atoms with E-state index in [0.717, 1.165) is 51.4 Å². The van der Waals surface area contributed by atoms with E-state index >= 15 is 0 Å². The van der Waals surface area contributed by atoms with Gasteiger partial charge in [-0.05, 0) is 77.7 Å². The van der Waals surface area contributed by atoms with Gasteiger partial charge in [0.25, 0.3) is 0 Å². The van der Waals surface area contributed by atoms with Crippen molar-refractivity contribution >= 4 is 19.8 Å². The molecule has 2 unspecified atom stereocenters. The molecule has 0 aromatic heterocycles. The first kappa shape index (κ1) is 60.2. The number of hydrogen-bond acceptors (Lipinski definition) is 8. The summed E-state index contributed by atoms with van der Waals surface area (Å²) in [6, 6.07) is 0. The quantitative estimate of drug-likeness (QED) is 0.0266. The molecule has 9 nitrogen and oxygen atoms in total. The number of carbonyl (C=O) groups excluding carboxylic acids is 2. The smallest absolute Gasteiger partial charge is 0.462 e. The molecular formula is C52H98NO8P. The van der Waals surface area contributed by atoms with Gasteiger partial charge in [0.05, 0.1) is 13.2 Å². The number of phosphoric acid groups is 1. The van der Waals surface area contributed by atoms with E-state index in [2.05, 4.69) is 55.6 Å². The summed E-state index contributed by atoms with van der Waals surface area (Å²) in [4.78, 5) is 35.3. The summed E-state index contributed by atoms with van der Waals surface area (Å²) in [6.07, 6.45) is 54.8. The van der Waals surface area contributed by atoms with Gasteiger partial charge in [-0.3, -0.25) is 18.6 Å². The Morgan fingerprint density at radius 2 is 0.871 bits per heavy atom. The number of likely N-dealkylation sites (N-methyl/N-ethyl adjacent to an activating group) is 1. The van der Waals surface area contributed by atoms with Crippen molar-refractivity contribution in [1.82, 2.24) is 5.32 Å². The van der Waals surface area contributed by atoms with Crippen LogP contribution in [0, 0.1) is 0 Å². The summed E-state index contributed by atoms with van der Waals surface area (Å²) in [7, 11) is -2.65. The van der Waals surface area contributed by atoms with E-state index in [1.165, 1.54) is 161 Å². The summed E-state index contributed by atoms with van der Waals surface area (Å²) < 4.78 is 33.4. The summed E-state index contributed by atoms with van der Waals surface area (Å²) in [6.45, 7) is 4.23. The molecule has 2 atom stereocenters. The minimum atomic E-state index is -4.36. The Balaban J connectivity index is 4.10. The third-order valence-corrected chi connectivity index (χ3v) is 12.2. The predicted molar refractivity (Wildman–Crippen MR) is 261 cm³/mol. The third kappa shape index (κ3) is 47.7. The predicted octanol–water partition coefficient (Wildman–Crippen LogP) is 15.5. The highest BCUT2D eigenvalue weighted by molar-refractivity contribution is 7.47. The van der Waals surface area contributed by atoms with Gasteiger partial charge in [0.15, 0.2) is 6.10 Å². The molecule has 0 saturated carbocycles. The average Bonchev–Trinajstić information content (AvgIpc) is 3.26. The second-order valence-electron chi connectivity index (χ2n) is 17.3. The third-order valence-electron chi connectivity index (χ3n) is 11.2. The van der Waals surface area contributed by atoms with Crippen LogP contribution in [-0.4, -0.2) is 56.3 Å². The van der Waals surface area contributed by atoms with Crippen LogP contribution in [-0.2, 0) is 32.7 Å². The molecule has 0 spiro atoms. The van der Waals surface area contributed by atoms with Gasteiger partial charge < -0.3 is 19.7 Å². The molecule has 0 aliphatic rings. The molecule has 0 aliphatic carbocycles. The lowest BCUT2D eigenvalue weighted by atomic mass is 10.0. The van der Waals surface area contributed by atoms with Crippen LogP contribution in [0.5, 0.6) is 0 Å². The van der Waals surface area contributed by atoms with Crippen molar-refractivity contribution < 1.29 is 37.6 Å². The van der Waals surface area contributed by atoms with Gasteiger partial charge >= 0.3 is 19.8 Å². The molecule has 0 radical (unpaired) electrons. The number of allylic oxidation sites excluding steroid dienone is 6. The standard InChI is InChI=1S/C52H98NO8P/c1-4-6-8-10-12-14-16-18-20-22-24-25-27-28-30-32-34-36-38-40-42-44-51(54)58-48-50(49-60-62(56,57)59-47-46-53-3)61-52(55)45-43-41-39-37-35-33-31-29-26-23-21-19-17-15-13-11-9-7-5-2/h13,15,18-21,50,53H,4-12,14,16-17,22-49H2,1-3H3,(H,56,57)/b15-13-,20-18-,21-19-. The Labute approximate surface area is 382 Å². The number of nitrogens with one attached hydrogen (secondary N) is 1. The van der Waals surface area contributed by atoms with Crippen molar-refractivity contribution in [2.45, 2.75) is 251 Å². The second-order valence-corrected chi connectivity index (χ2v) is 18.8. The fourth-order valence-electron chi connectivity index (χ4n) is 7.29. The SMILES string of the molecule is CCCCC/C=C\C/C=C\CCCCCCCCCCCC(=O)OC(COC(=O)CCCCCCCCCCCCC/C=C\CCCCCCCC)COP(=O)(O)OCCNC. The lowest BCUT2D eigenvalue weighted by Gasteiger charge is -2.20. The maximum Gasteiger partial charge on any atom is 0.472 e. The van der Waals surface area contributed by atoms with Crippen LogP contribution in [0.3, 0.4) is 0 Å². The van der Waals surface area contributed by atoms with Gasteiger partial charge in [-0.1, -0.05) is 198 Å². The van der Waals surface area contributed by atoms with Gasteiger partial charge in [0.1, 0.15) is 6.61 Å². The Morgan fingerprint density at radius 1 is 0.500 bits per heavy atom. The van der Waals surface area contributed by atoms with Crippen molar-refractivity contribution in [1.29, 1.82) is 0 Å². The lowest BCUT2D eigenvalue weighted by molar-refractivity contribution is -0.161. The zero-order chi connectivity index (χ0) is 45.3. The molecule has 0 aromatic carbocycles. The molecule has 62 heavy (non-hydrogen) atoms. The maximum absolute atomic E-state index is 12.7. The molecule has 0 fully saturated rings. The van der Waals surface area contributed by atoms with E-state index in [4.69, 9.17) is 18.5 Å². The largest absolute Gasteiger partial charge is 0.472 e. The first-order valence-corrected chi connectivity index (χ1v) is 27.4. The Hall–Kier alpha value is -1.77. The Morgan fingerprint density at radius 3 is 1.32 bits per heavy atom. The van der Waals surface area contributed by atoms with Gasteiger partial charge in [0, 0.05) is 19.4 Å². The lowest BCUT2D eigenvalue weighted by Crippen LogP contribution is -2.29. The van der Waals surface area contributed by atoms with Crippen LogP contribution in [0.15, 0.2) is 36.5 Å². The highest BCUT2D eigenvalue weighted by Crippen LogP contribution is 2.43. The molecule has 0 aliphatic heterocycles. The minimum Gasteiger partial charge on any atom is -0.462 e. The van der Waals surface area contributed by atoms with Crippen molar-refractivity contribution in [3.05, 3.63) is 36.5 Å². The molecule has 0 heterocycles. The summed E-state index contributed by atoms with van der Waals surface area (Å²) in [5.41, 5.74) is 0. The summed E-state index contributed by atoms with van der Waals surface area (Å²) in [5.74, 6) is -0.803. The number of phosphoric ester groups is 1. The van der Waals surface area contributed by atoms with Crippen LogP contribution < -0.4 is 5.32 Å². The van der Waals surface area contributed by atoms with E-state index < -0.39 is 26.5 Å². The van der Waals surface area contributed by atoms with Crippen LogP contribution in [0.25, 0.3) is 0 Å². The summed E-state index contributed by atoms with van der Waals surface area (Å²) in [5, 5.41) is 2.83. The normalized spacial score (nSPS) is 13.4. The van der Waals surface area contributed by atoms with E-state index in [-0.39, 0.29) is 32.0 Å². The molecule has 10 heteroatoms. The molecule has 0 bridgehead atoms. The Bertz CT molecular complexity index is 1110. The monoisotopic (exact) mass is 896 g/mol. The van der Waals surface area contributed by atoms with Crippen LogP contribution in [0.2, 0.25) is 0 Å². The number of rotatable bonds is 49. The number of hydrogen-bond donors (Lipinski definition) is 2. The van der Waals surface area contributed by atoms with Gasteiger partial charge in [-0.15, -0.1) is 0 Å². The average molecular weight is 896 g/mol. The highest BCUT2D eigenvalue weighted by atomic mass is 31.2. The van der Waals surface area contributed by atoms with E-state index in [1.807, 2.05) is 0 Å². The van der Waals surface area contributed by atoms with E-state index in [0.29, 0.717) is 13.0 Å². The maximum atomic E-state index is 12.7. The topological polar surface area (TPSA) is 120 Å². The van der Waals surface area contributed by atoms with E-state index in [1.54, 1.807) is 7.05 Å². The number of unbranched alkanes of at least 4 members (excludes halogenated alkanes) is 29. The molecule has 364 valence electrons. The molecule has 0 amide bonds. The Kier molecular flexibility index (Phi) is 47.3. The zero-order valence-electron chi connectivity index (χ0n) is 40.6. The first-order chi connectivity index (χ1) is 30.3. The molecule has 0 aromatic rings. The van der Waals surface area contributed by atoms with Crippen molar-refractivity contribution in [3.8, 4) is 0 Å². The second kappa shape index (κ2) is 48.7. The summed E-state index contributed by atoms with van der Waals surface area (Å²) >= 11 is 0. The van der Waals surface area contributed by atoms with Gasteiger partial charge in [0.2, 0.25) is 0 Å². The van der Waals surface area contributed by atoms with Crippen LogP contribution in [0.4, 0.5) is 0 Å². The van der Waals surface area contributed by atoms with Gasteiger partial charge in [-0.2, -0.15) is 0 Å². The van der Waals surface area contributed by atoms with Crippen molar-refractivity contribution in [2.24, 2.45) is 0 Å². The molecular weight excluding hydrogens is 798 g/mol. The molecule has 2 N–H and O–H groups in total. The fraction of sp³-hybridized carbons (Fsp3) is 0.846. The number of carbonyl (C=O) groups is 2.